The minimum absolute atomic E-state index is 0.105. The van der Waals surface area contributed by atoms with E-state index in [9.17, 15) is 4.79 Å². The highest BCUT2D eigenvalue weighted by molar-refractivity contribution is 6.51. The van der Waals surface area contributed by atoms with Gasteiger partial charge in [-0.1, -0.05) is 23.7 Å². The third-order valence-corrected chi connectivity index (χ3v) is 8.53. The molecular weight excluding hydrogens is 502 g/mol. The van der Waals surface area contributed by atoms with E-state index in [1.54, 1.807) is 20.4 Å². The third kappa shape index (κ3) is 7.10. The quantitative estimate of drug-likeness (QED) is 0.321. The summed E-state index contributed by atoms with van der Waals surface area (Å²) in [4.78, 5) is 21.5. The third-order valence-electron chi connectivity index (χ3n) is 6.38. The molecule has 1 saturated heterocycles. The molecule has 2 atom stereocenters. The van der Waals surface area contributed by atoms with Crippen molar-refractivity contribution >= 4 is 32.4 Å². The van der Waals surface area contributed by atoms with Gasteiger partial charge in [0.2, 0.25) is 14.9 Å². The van der Waals surface area contributed by atoms with Gasteiger partial charge in [-0.2, -0.15) is 0 Å². The molecular formula is C25H34ClN3O6Si. The van der Waals surface area contributed by atoms with Crippen molar-refractivity contribution in [3.05, 3.63) is 47.1 Å². The Bertz CT molecular complexity index is 998. The highest BCUT2D eigenvalue weighted by Crippen LogP contribution is 2.34. The lowest BCUT2D eigenvalue weighted by atomic mass is 10.1. The van der Waals surface area contributed by atoms with Gasteiger partial charge >= 0.3 is 0 Å². The first-order valence-corrected chi connectivity index (χ1v) is 14.7. The predicted molar refractivity (Wildman–Crippen MR) is 139 cm³/mol. The zero-order chi connectivity index (χ0) is 25.3. The maximum absolute atomic E-state index is 12.9. The van der Waals surface area contributed by atoms with Crippen LogP contribution in [0.15, 0.2) is 36.5 Å². The molecule has 1 aromatic carbocycles. The number of anilines is 1. The Labute approximate surface area is 218 Å². The van der Waals surface area contributed by atoms with Crippen LogP contribution in [0.25, 0.3) is 0 Å². The number of ether oxygens (including phenoxy) is 4. The van der Waals surface area contributed by atoms with E-state index in [1.807, 2.05) is 35.2 Å². The number of hydrogen-bond acceptors (Lipinski definition) is 8. The fourth-order valence-electron chi connectivity index (χ4n) is 4.45. The van der Waals surface area contributed by atoms with E-state index in [1.165, 1.54) is 0 Å². The second-order valence-electron chi connectivity index (χ2n) is 8.86. The van der Waals surface area contributed by atoms with Gasteiger partial charge in [0.15, 0.2) is 11.6 Å². The molecule has 2 aliphatic rings. The van der Waals surface area contributed by atoms with Crippen LogP contribution in [0.4, 0.5) is 5.82 Å². The van der Waals surface area contributed by atoms with Crippen molar-refractivity contribution in [2.75, 3.05) is 64.4 Å². The number of piperazine rings is 1. The molecule has 0 spiro atoms. The molecule has 1 aromatic heterocycles. The van der Waals surface area contributed by atoms with Crippen LogP contribution in [-0.4, -0.2) is 90.4 Å². The van der Waals surface area contributed by atoms with Crippen LogP contribution < -0.4 is 14.4 Å². The van der Waals surface area contributed by atoms with Crippen molar-refractivity contribution in [2.45, 2.75) is 25.5 Å². The van der Waals surface area contributed by atoms with Crippen LogP contribution in [0, 0.1) is 0 Å². The first-order chi connectivity index (χ1) is 17.6. The number of carbonyl (C=O) groups excluding carboxylic acids is 1. The SMILES string of the molecule is COC[Si@@H](COCCC(=O)N1CCN2c3ncc(Cl)cc3OCCC2C1)OCc1ccc(OC)cc1. The maximum Gasteiger partial charge on any atom is 0.227 e. The van der Waals surface area contributed by atoms with E-state index in [2.05, 4.69) is 9.88 Å². The van der Waals surface area contributed by atoms with Crippen molar-refractivity contribution in [3.63, 3.8) is 0 Å². The molecule has 0 radical (unpaired) electrons. The van der Waals surface area contributed by atoms with E-state index >= 15 is 0 Å². The number of rotatable bonds is 11. The summed E-state index contributed by atoms with van der Waals surface area (Å²) in [7, 11) is 1.60. The Kier molecular flexibility index (Phi) is 9.82. The number of amides is 1. The van der Waals surface area contributed by atoms with E-state index in [0.717, 1.165) is 23.6 Å². The van der Waals surface area contributed by atoms with E-state index in [-0.39, 0.29) is 11.9 Å². The number of hydrogen-bond donors (Lipinski definition) is 0. The van der Waals surface area contributed by atoms with E-state index in [4.69, 9.17) is 35.0 Å². The summed E-state index contributed by atoms with van der Waals surface area (Å²) in [5, 5.41) is 0.558. The molecule has 2 aliphatic heterocycles. The Morgan fingerprint density at radius 3 is 2.83 bits per heavy atom. The Hall–Kier alpha value is -2.37. The normalized spacial score (nSPS) is 18.0. The van der Waals surface area contributed by atoms with Gasteiger partial charge < -0.3 is 33.2 Å². The largest absolute Gasteiger partial charge is 0.497 e. The van der Waals surface area contributed by atoms with Crippen molar-refractivity contribution < 1.29 is 28.2 Å². The Morgan fingerprint density at radius 1 is 1.22 bits per heavy atom. The summed E-state index contributed by atoms with van der Waals surface area (Å²) in [5.74, 6) is 2.44. The molecule has 196 valence electrons. The number of aromatic nitrogens is 1. The first kappa shape index (κ1) is 26.7. The Balaban J connectivity index is 1.20. The molecule has 0 bridgehead atoms. The molecule has 2 aromatic rings. The predicted octanol–water partition coefficient (Wildman–Crippen LogP) is 2.62. The standard InChI is InChI=1S/C25H34ClN3O6Si/c1-31-17-36(35-16-19-3-5-22(32-2)6-4-19)18-33-11-8-24(30)28-9-10-29-21(15-28)7-12-34-23-13-20(26)14-27-25(23)29/h3-6,13-14,21,36H,7-12,15-18H2,1-2H3/t21?,36-/m0/s1. The Morgan fingerprint density at radius 2 is 2.06 bits per heavy atom. The summed E-state index contributed by atoms with van der Waals surface area (Å²) >= 11 is 6.08. The fraction of sp³-hybridized carbons (Fsp3) is 0.520. The second-order valence-corrected chi connectivity index (χ2v) is 11.5. The zero-order valence-electron chi connectivity index (χ0n) is 20.9. The minimum atomic E-state index is -1.72. The molecule has 36 heavy (non-hydrogen) atoms. The molecule has 3 heterocycles. The lowest BCUT2D eigenvalue weighted by Crippen LogP contribution is -2.55. The summed E-state index contributed by atoms with van der Waals surface area (Å²) in [6, 6.07) is 9.79. The van der Waals surface area contributed by atoms with Gasteiger partial charge in [0, 0.05) is 45.4 Å². The van der Waals surface area contributed by atoms with Gasteiger partial charge in [-0.15, -0.1) is 0 Å². The summed E-state index contributed by atoms with van der Waals surface area (Å²) in [6.45, 7) is 3.46. The number of halogens is 1. The number of nitrogens with zero attached hydrogens (tertiary/aromatic N) is 3. The number of methoxy groups -OCH3 is 2. The highest BCUT2D eigenvalue weighted by atomic mass is 35.5. The van der Waals surface area contributed by atoms with Gasteiger partial charge in [-0.25, -0.2) is 4.98 Å². The van der Waals surface area contributed by atoms with E-state index < -0.39 is 9.04 Å². The lowest BCUT2D eigenvalue weighted by Gasteiger charge is -2.41. The van der Waals surface area contributed by atoms with Crippen molar-refractivity contribution in [1.82, 2.24) is 9.88 Å². The van der Waals surface area contributed by atoms with Crippen LogP contribution in [0.1, 0.15) is 18.4 Å². The molecule has 4 rings (SSSR count). The first-order valence-electron chi connectivity index (χ1n) is 12.2. The maximum atomic E-state index is 12.9. The van der Waals surface area contributed by atoms with Gasteiger partial charge in [0.25, 0.3) is 0 Å². The monoisotopic (exact) mass is 535 g/mol. The molecule has 11 heteroatoms. The van der Waals surface area contributed by atoms with Crippen LogP contribution in [0.3, 0.4) is 0 Å². The zero-order valence-corrected chi connectivity index (χ0v) is 22.8. The number of carbonyl (C=O) groups is 1. The van der Waals surface area contributed by atoms with Gasteiger partial charge in [-0.3, -0.25) is 4.79 Å². The lowest BCUT2D eigenvalue weighted by molar-refractivity contribution is -0.133. The molecule has 1 amide bonds. The van der Waals surface area contributed by atoms with Crippen LogP contribution in [-0.2, 0) is 25.3 Å². The number of pyridine rings is 1. The number of benzene rings is 1. The molecule has 1 fully saturated rings. The number of fused-ring (bicyclic) bond motifs is 3. The fourth-order valence-corrected chi connectivity index (χ4v) is 6.11. The molecule has 1 unspecified atom stereocenters. The van der Waals surface area contributed by atoms with Crippen molar-refractivity contribution in [1.29, 1.82) is 0 Å². The van der Waals surface area contributed by atoms with Crippen molar-refractivity contribution in [2.24, 2.45) is 0 Å². The van der Waals surface area contributed by atoms with Crippen LogP contribution in [0.5, 0.6) is 11.5 Å². The minimum Gasteiger partial charge on any atom is -0.497 e. The average molecular weight is 536 g/mol. The van der Waals surface area contributed by atoms with Gasteiger partial charge in [0.05, 0.1) is 56.9 Å². The smallest absolute Gasteiger partial charge is 0.227 e. The average Bonchev–Trinajstić information content (AvgIpc) is 3.08. The highest BCUT2D eigenvalue weighted by Gasteiger charge is 2.33. The summed E-state index contributed by atoms with van der Waals surface area (Å²) < 4.78 is 28.3. The second kappa shape index (κ2) is 13.3. The molecule has 9 nitrogen and oxygen atoms in total. The van der Waals surface area contributed by atoms with E-state index in [0.29, 0.717) is 69.1 Å². The summed E-state index contributed by atoms with van der Waals surface area (Å²) in [6.07, 6.45) is 3.86. The molecule has 0 aliphatic carbocycles. The molecule has 0 saturated carbocycles. The van der Waals surface area contributed by atoms with Gasteiger partial charge in [0.1, 0.15) is 5.75 Å². The van der Waals surface area contributed by atoms with Gasteiger partial charge in [-0.05, 0) is 17.7 Å². The topological polar surface area (TPSA) is 82.6 Å². The van der Waals surface area contributed by atoms with Crippen LogP contribution in [0.2, 0.25) is 5.02 Å². The molecule has 0 N–H and O–H groups in total. The van der Waals surface area contributed by atoms with Crippen LogP contribution >= 0.6 is 11.6 Å². The van der Waals surface area contributed by atoms with Crippen molar-refractivity contribution in [3.8, 4) is 11.5 Å². The summed E-state index contributed by atoms with van der Waals surface area (Å²) in [5.41, 5.74) is 1.07.